The molecule has 6 aromatic carbocycles. The van der Waals surface area contributed by atoms with Gasteiger partial charge in [-0.05, 0) is 119 Å². The third kappa shape index (κ3) is 19.3. The average molecular weight is 1550 g/mol. The molecule has 97 heavy (non-hydrogen) atoms. The zero-order valence-corrected chi connectivity index (χ0v) is 55.6. The Morgan fingerprint density at radius 3 is 1.23 bits per heavy atom. The topological polar surface area (TPSA) is 640 Å². The van der Waals surface area contributed by atoms with E-state index < -0.39 is 220 Å². The first-order valence-corrected chi connectivity index (χ1v) is 38.2. The number of phenols is 2. The molecule has 0 unspecified atom stereocenters. The second kappa shape index (κ2) is 28.6. The molecule has 8 rings (SSSR count). The lowest BCUT2D eigenvalue weighted by Crippen LogP contribution is -2.33. The highest BCUT2D eigenvalue weighted by atomic mass is 35.5. The van der Waals surface area contributed by atoms with E-state index >= 15 is 0 Å². The molecule has 0 saturated carbocycles. The maximum atomic E-state index is 12.8. The van der Waals surface area contributed by atoms with E-state index in [4.69, 9.17) is 32.3 Å². The summed E-state index contributed by atoms with van der Waals surface area (Å²) < 4.78 is 262. The SMILES string of the molecule is O=S(=O)(O)OCCS(=O)(=O)c1ccc(N=Nc2c(S(=O)(=O)O)cc3cc(S(=O)(=O)O)cc(Nc4nc(Cl)nc(NCCN(CCO)c5nc(Cl)nc(Nc6cc(S(=O)(=O)O)cc7cc(S(=O)(=O)O)c(N=Nc8ccc(S(=O)(=O)CCOS(=O)(=O)O)cc8)c(O)c67)n5)n4)c3c2O)cc1. The molecule has 12 N–H and O–H groups in total. The summed E-state index contributed by atoms with van der Waals surface area (Å²) in [5.74, 6) is -5.95. The number of fused-ring (bicyclic) bond motifs is 2. The number of aliphatic hydroxyl groups excluding tert-OH is 1. The van der Waals surface area contributed by atoms with Gasteiger partial charge in [0.25, 0.3) is 40.5 Å². The number of halogens is 2. The van der Waals surface area contributed by atoms with E-state index in [2.05, 4.69) is 74.7 Å². The molecular formula is C46H42Cl2N14O27S8. The van der Waals surface area contributed by atoms with Crippen molar-refractivity contribution in [3.8, 4) is 11.5 Å². The number of benzene rings is 6. The van der Waals surface area contributed by atoms with Crippen LogP contribution in [-0.4, -0.2) is 191 Å². The highest BCUT2D eigenvalue weighted by Crippen LogP contribution is 2.48. The Kier molecular flexibility index (Phi) is 22.0. The number of phenolic OH excluding ortho intramolecular Hbond substituents is 2. The van der Waals surface area contributed by atoms with Crippen molar-refractivity contribution in [1.82, 2.24) is 29.9 Å². The molecule has 41 nitrogen and oxygen atoms in total. The Hall–Kier alpha value is -8.32. The number of aliphatic hydroxyl groups is 1. The van der Waals surface area contributed by atoms with Crippen molar-refractivity contribution in [2.45, 2.75) is 29.4 Å². The summed E-state index contributed by atoms with van der Waals surface area (Å²) in [5.41, 5.74) is -3.50. The number of hydrogen-bond donors (Lipinski definition) is 12. The summed E-state index contributed by atoms with van der Waals surface area (Å²) in [4.78, 5) is 20.6. The summed E-state index contributed by atoms with van der Waals surface area (Å²) in [6, 6.07) is 12.1. The molecule has 0 aliphatic rings. The van der Waals surface area contributed by atoms with Crippen LogP contribution in [0, 0.1) is 0 Å². The van der Waals surface area contributed by atoms with Gasteiger partial charge in [-0.1, -0.05) is 0 Å². The Bertz CT molecular complexity index is 5500. The summed E-state index contributed by atoms with van der Waals surface area (Å²) in [6.45, 7) is -3.33. The Morgan fingerprint density at radius 2 is 0.845 bits per heavy atom. The third-order valence-corrected chi connectivity index (χ3v) is 20.6. The number of azo groups is 2. The molecule has 0 radical (unpaired) electrons. The zero-order chi connectivity index (χ0) is 71.6. The molecule has 0 amide bonds. The van der Waals surface area contributed by atoms with Gasteiger partial charge >= 0.3 is 20.8 Å². The number of rotatable bonds is 29. The minimum Gasteiger partial charge on any atom is -0.505 e. The predicted octanol–water partition coefficient (Wildman–Crippen LogP) is 4.48. The quantitative estimate of drug-likeness (QED) is 0.0227. The van der Waals surface area contributed by atoms with Crippen molar-refractivity contribution in [3.05, 3.63) is 95.5 Å². The maximum Gasteiger partial charge on any atom is 0.397 e. The summed E-state index contributed by atoms with van der Waals surface area (Å²) >= 11 is 12.6. The monoisotopic (exact) mass is 1550 g/mol. The number of aromatic hydroxyl groups is 2. The molecule has 0 fully saturated rings. The van der Waals surface area contributed by atoms with Crippen LogP contribution in [0.5, 0.6) is 11.5 Å². The molecule has 0 bridgehead atoms. The minimum atomic E-state index is -5.41. The third-order valence-electron chi connectivity index (χ3n) is 12.5. The van der Waals surface area contributed by atoms with Gasteiger partial charge in [0.2, 0.25) is 34.4 Å². The molecular weight excluding hydrogens is 1510 g/mol. The number of nitrogens with one attached hydrogen (secondary N) is 3. The lowest BCUT2D eigenvalue weighted by atomic mass is 10.1. The molecule has 2 aromatic heterocycles. The van der Waals surface area contributed by atoms with Gasteiger partial charge in [-0.25, -0.2) is 25.2 Å². The van der Waals surface area contributed by atoms with Gasteiger partial charge in [0.05, 0.1) is 73.7 Å². The molecule has 2 heterocycles. The average Bonchev–Trinajstić information content (AvgIpc) is 0.753. The van der Waals surface area contributed by atoms with Crippen molar-refractivity contribution < 1.29 is 118 Å². The van der Waals surface area contributed by atoms with Crippen LogP contribution in [0.1, 0.15) is 0 Å². The fourth-order valence-corrected chi connectivity index (χ4v) is 14.1. The molecule has 51 heteroatoms. The lowest BCUT2D eigenvalue weighted by Gasteiger charge is -2.22. The first-order chi connectivity index (χ1) is 44.9. The highest BCUT2D eigenvalue weighted by molar-refractivity contribution is 7.92. The second-order valence-corrected chi connectivity index (χ2v) is 31.8. The zero-order valence-electron chi connectivity index (χ0n) is 47.6. The molecule has 0 aliphatic heterocycles. The van der Waals surface area contributed by atoms with Crippen molar-refractivity contribution in [2.24, 2.45) is 20.5 Å². The Balaban J connectivity index is 1.07. The van der Waals surface area contributed by atoms with Crippen LogP contribution in [0.15, 0.2) is 135 Å². The molecule has 0 spiro atoms. The maximum absolute atomic E-state index is 12.8. The van der Waals surface area contributed by atoms with Crippen molar-refractivity contribution in [1.29, 1.82) is 0 Å². The van der Waals surface area contributed by atoms with Crippen LogP contribution in [0.4, 0.5) is 57.9 Å². The van der Waals surface area contributed by atoms with Crippen LogP contribution < -0.4 is 20.9 Å². The molecule has 0 aliphatic carbocycles. The molecule has 0 atom stereocenters. The number of hydrogen-bond acceptors (Lipinski definition) is 35. The number of anilines is 6. The fourth-order valence-electron chi connectivity index (χ4n) is 8.39. The van der Waals surface area contributed by atoms with Gasteiger partial charge in [0.15, 0.2) is 31.2 Å². The highest BCUT2D eigenvalue weighted by Gasteiger charge is 2.29. The van der Waals surface area contributed by atoms with E-state index in [1.165, 1.54) is 4.90 Å². The van der Waals surface area contributed by atoms with Gasteiger partial charge < -0.3 is 36.2 Å². The molecule has 0 saturated heterocycles. The van der Waals surface area contributed by atoms with Crippen LogP contribution >= 0.6 is 23.2 Å². The summed E-state index contributed by atoms with van der Waals surface area (Å²) in [5, 5.41) is 53.4. The summed E-state index contributed by atoms with van der Waals surface area (Å²) in [7, 11) is -39.6. The fraction of sp³-hybridized carbons (Fsp3) is 0.174. The van der Waals surface area contributed by atoms with E-state index in [-0.39, 0.29) is 42.9 Å². The van der Waals surface area contributed by atoms with Gasteiger partial charge in [0.1, 0.15) is 21.2 Å². The van der Waals surface area contributed by atoms with E-state index in [0.29, 0.717) is 30.3 Å². The van der Waals surface area contributed by atoms with Crippen LogP contribution in [0.25, 0.3) is 21.5 Å². The first kappa shape index (κ1) is 74.5. The molecule has 520 valence electrons. The van der Waals surface area contributed by atoms with Gasteiger partial charge in [-0.2, -0.15) is 90.6 Å². The Morgan fingerprint density at radius 1 is 0.454 bits per heavy atom. The van der Waals surface area contributed by atoms with Gasteiger partial charge in [-0.15, -0.1) is 10.2 Å². The number of sulfone groups is 2. The van der Waals surface area contributed by atoms with Gasteiger partial charge in [0, 0.05) is 30.4 Å². The minimum absolute atomic E-state index is 0.216. The standard InChI is InChI=1S/C46H42Cl2N14O27S8/c47-41-52-43(56-44(53-41)50-31-21-29(92(70,71)72)17-23-19-33(94(76,77)78)37(39(64)35(23)31)60-58-25-1-5-27(6-2-25)90(66,67)15-13-88-96(82,83)84)49-9-10-62(11-12-63)46-55-42(48)54-45(57-46)51-32-22-30(93(73,74)75)18-24-20-34(95(79,80)81)38(40(65)36(24)32)61-59-26-3-7-28(8-4-26)91(68,69)16-14-89-97(85,86)87/h1-8,17-22,63-65H,9-16H2,(H,70,71,72)(H,73,74,75)(H,76,77,78)(H,79,80,81)(H,82,83,84)(H,85,86,87)(H,51,54,55,57)(H2,49,50,52,53,56). The Labute approximate surface area is 556 Å². The van der Waals surface area contributed by atoms with Gasteiger partial charge in [-0.3, -0.25) is 27.3 Å². The van der Waals surface area contributed by atoms with Crippen LogP contribution in [-0.2, 0) is 89.3 Å². The lowest BCUT2D eigenvalue weighted by molar-refractivity contribution is 0.282. The predicted molar refractivity (Wildman–Crippen MR) is 335 cm³/mol. The first-order valence-electron chi connectivity index (χ1n) is 25.7. The summed E-state index contributed by atoms with van der Waals surface area (Å²) in [6.07, 6.45) is 0. The van der Waals surface area contributed by atoms with E-state index in [0.717, 1.165) is 54.6 Å². The van der Waals surface area contributed by atoms with Crippen molar-refractivity contribution in [2.75, 3.05) is 71.8 Å². The van der Waals surface area contributed by atoms with Crippen LogP contribution in [0.3, 0.4) is 0 Å². The van der Waals surface area contributed by atoms with Crippen LogP contribution in [0.2, 0.25) is 10.6 Å². The largest absolute Gasteiger partial charge is 0.505 e. The normalized spacial score (nSPS) is 13.0. The smallest absolute Gasteiger partial charge is 0.397 e. The van der Waals surface area contributed by atoms with E-state index in [1.54, 1.807) is 0 Å². The van der Waals surface area contributed by atoms with E-state index in [1.807, 2.05) is 0 Å². The number of nitrogens with zero attached hydrogens (tertiary/aromatic N) is 11. The van der Waals surface area contributed by atoms with Crippen molar-refractivity contribution >= 4 is 184 Å². The molecule has 8 aromatic rings. The number of aromatic nitrogens is 6. The van der Waals surface area contributed by atoms with Crippen molar-refractivity contribution in [3.63, 3.8) is 0 Å². The van der Waals surface area contributed by atoms with E-state index in [9.17, 15) is 101 Å². The second-order valence-electron chi connectivity index (χ2n) is 19.1.